The van der Waals surface area contributed by atoms with Gasteiger partial charge in [0.2, 0.25) is 11.8 Å². The summed E-state index contributed by atoms with van der Waals surface area (Å²) < 4.78 is 5.47. The minimum atomic E-state index is -0.257. The molecule has 0 spiro atoms. The van der Waals surface area contributed by atoms with Crippen molar-refractivity contribution < 1.29 is 4.42 Å². The number of rotatable bonds is 2. The van der Waals surface area contributed by atoms with Gasteiger partial charge >= 0.3 is 0 Å². The maximum Gasteiger partial charge on any atom is 0.247 e. The number of aromatic nitrogens is 2. The summed E-state index contributed by atoms with van der Waals surface area (Å²) in [6.07, 6.45) is 0. The highest BCUT2D eigenvalue weighted by molar-refractivity contribution is 6.20. The lowest BCUT2D eigenvalue weighted by atomic mass is 10.1. The normalized spacial score (nSPS) is 12.8. The summed E-state index contributed by atoms with van der Waals surface area (Å²) >= 11 is 5.86. The number of aryl methyl sites for hydroxylation is 2. The van der Waals surface area contributed by atoms with Crippen molar-refractivity contribution in [1.82, 2.24) is 10.2 Å². The van der Waals surface area contributed by atoms with Crippen molar-refractivity contribution in [3.63, 3.8) is 0 Å². The molecule has 0 aliphatic carbocycles. The van der Waals surface area contributed by atoms with Crippen LogP contribution in [0.1, 0.15) is 29.3 Å². The molecular weight excluding hydrogens is 224 g/mol. The Morgan fingerprint density at radius 3 is 2.50 bits per heavy atom. The number of nitrogens with zero attached hydrogens (tertiary/aromatic N) is 2. The third kappa shape index (κ3) is 2.09. The molecule has 0 saturated carbocycles. The van der Waals surface area contributed by atoms with Gasteiger partial charge in [0.15, 0.2) is 0 Å². The first-order chi connectivity index (χ1) is 7.58. The quantitative estimate of drug-likeness (QED) is 0.747. The van der Waals surface area contributed by atoms with E-state index in [-0.39, 0.29) is 5.38 Å². The molecule has 2 aromatic rings. The van der Waals surface area contributed by atoms with Gasteiger partial charge < -0.3 is 4.42 Å². The lowest BCUT2D eigenvalue weighted by Gasteiger charge is -2.01. The zero-order valence-electron chi connectivity index (χ0n) is 9.49. The van der Waals surface area contributed by atoms with E-state index in [9.17, 15) is 0 Å². The number of halogens is 1. The van der Waals surface area contributed by atoms with Gasteiger partial charge in [-0.25, -0.2) is 0 Å². The zero-order chi connectivity index (χ0) is 11.7. The smallest absolute Gasteiger partial charge is 0.247 e. The third-order valence-corrected chi connectivity index (χ3v) is 2.72. The molecule has 0 radical (unpaired) electrons. The fourth-order valence-electron chi connectivity index (χ4n) is 1.39. The van der Waals surface area contributed by atoms with Crippen LogP contribution in [0.5, 0.6) is 0 Å². The predicted octanol–water partition coefficient (Wildman–Crippen LogP) is 3.65. The molecule has 1 aromatic carbocycles. The molecule has 0 saturated heterocycles. The van der Waals surface area contributed by atoms with Gasteiger partial charge in [-0.05, 0) is 44.0 Å². The van der Waals surface area contributed by atoms with Gasteiger partial charge in [0.25, 0.3) is 0 Å². The highest BCUT2D eigenvalue weighted by Gasteiger charge is 2.12. The van der Waals surface area contributed by atoms with Gasteiger partial charge in [-0.1, -0.05) is 6.07 Å². The summed E-state index contributed by atoms with van der Waals surface area (Å²) in [5.74, 6) is 0.973. The maximum absolute atomic E-state index is 5.86. The van der Waals surface area contributed by atoms with E-state index in [1.54, 1.807) is 6.92 Å². The Morgan fingerprint density at radius 2 is 1.94 bits per heavy atom. The second-order valence-corrected chi connectivity index (χ2v) is 4.52. The van der Waals surface area contributed by atoms with Gasteiger partial charge in [0.1, 0.15) is 5.38 Å². The molecule has 0 amide bonds. The minimum absolute atomic E-state index is 0.257. The van der Waals surface area contributed by atoms with Crippen LogP contribution in [0.25, 0.3) is 11.5 Å². The standard InChI is InChI=1S/C12H13ClN2O/c1-7-4-5-10(6-8(7)2)12-15-14-11(16-12)9(3)13/h4-6,9H,1-3H3. The van der Waals surface area contributed by atoms with Gasteiger partial charge in [0, 0.05) is 5.56 Å². The number of alkyl halides is 1. The maximum atomic E-state index is 5.86. The van der Waals surface area contributed by atoms with Gasteiger partial charge in [-0.2, -0.15) is 0 Å². The van der Waals surface area contributed by atoms with Crippen LogP contribution in [0.3, 0.4) is 0 Å². The number of hydrogen-bond acceptors (Lipinski definition) is 3. The topological polar surface area (TPSA) is 38.9 Å². The lowest BCUT2D eigenvalue weighted by molar-refractivity contribution is 0.507. The van der Waals surface area contributed by atoms with Crippen LogP contribution in [0.15, 0.2) is 22.6 Å². The van der Waals surface area contributed by atoms with Crippen molar-refractivity contribution in [2.75, 3.05) is 0 Å². The van der Waals surface area contributed by atoms with E-state index in [1.807, 2.05) is 18.2 Å². The molecule has 1 atom stereocenters. The Hall–Kier alpha value is -1.35. The van der Waals surface area contributed by atoms with Crippen LogP contribution in [0.4, 0.5) is 0 Å². The fourth-order valence-corrected chi connectivity index (χ4v) is 1.47. The second-order valence-electron chi connectivity index (χ2n) is 3.86. The first kappa shape index (κ1) is 11.1. The molecule has 1 heterocycles. The molecule has 3 nitrogen and oxygen atoms in total. The molecule has 1 unspecified atom stereocenters. The van der Waals surface area contributed by atoms with Crippen LogP contribution >= 0.6 is 11.6 Å². The van der Waals surface area contributed by atoms with Gasteiger partial charge in [0.05, 0.1) is 0 Å². The van der Waals surface area contributed by atoms with E-state index in [0.717, 1.165) is 5.56 Å². The molecule has 0 fully saturated rings. The molecule has 0 N–H and O–H groups in total. The van der Waals surface area contributed by atoms with E-state index in [4.69, 9.17) is 16.0 Å². The summed E-state index contributed by atoms with van der Waals surface area (Å²) in [5, 5.41) is 7.62. The van der Waals surface area contributed by atoms with Crippen molar-refractivity contribution >= 4 is 11.6 Å². The molecule has 84 valence electrons. The Kier molecular flexibility index (Phi) is 2.97. The average molecular weight is 237 g/mol. The van der Waals surface area contributed by atoms with Crippen LogP contribution in [-0.2, 0) is 0 Å². The average Bonchev–Trinajstić information content (AvgIpc) is 2.71. The highest BCUT2D eigenvalue weighted by atomic mass is 35.5. The van der Waals surface area contributed by atoms with Gasteiger partial charge in [-0.3, -0.25) is 0 Å². The van der Waals surface area contributed by atoms with E-state index in [2.05, 4.69) is 24.0 Å². The van der Waals surface area contributed by atoms with Crippen molar-refractivity contribution in [3.8, 4) is 11.5 Å². The van der Waals surface area contributed by atoms with E-state index >= 15 is 0 Å². The SMILES string of the molecule is Cc1ccc(-c2nnc(C(C)Cl)o2)cc1C. The first-order valence-corrected chi connectivity index (χ1v) is 5.56. The van der Waals surface area contributed by atoms with Gasteiger partial charge in [-0.15, -0.1) is 21.8 Å². The van der Waals surface area contributed by atoms with E-state index in [1.165, 1.54) is 11.1 Å². The summed E-state index contributed by atoms with van der Waals surface area (Å²) in [5.41, 5.74) is 3.38. The predicted molar refractivity (Wildman–Crippen MR) is 63.5 cm³/mol. The minimum Gasteiger partial charge on any atom is -0.419 e. The largest absolute Gasteiger partial charge is 0.419 e. The Labute approximate surface area is 99.5 Å². The van der Waals surface area contributed by atoms with Crippen LogP contribution < -0.4 is 0 Å². The molecule has 0 aliphatic heterocycles. The van der Waals surface area contributed by atoms with Crippen LogP contribution in [0, 0.1) is 13.8 Å². The molecule has 0 bridgehead atoms. The van der Waals surface area contributed by atoms with E-state index in [0.29, 0.717) is 11.8 Å². The zero-order valence-corrected chi connectivity index (χ0v) is 10.2. The summed E-state index contributed by atoms with van der Waals surface area (Å²) in [4.78, 5) is 0. The molecule has 16 heavy (non-hydrogen) atoms. The van der Waals surface area contributed by atoms with Crippen molar-refractivity contribution in [3.05, 3.63) is 35.2 Å². The molecular formula is C12H13ClN2O. The Bertz CT molecular complexity index is 505. The van der Waals surface area contributed by atoms with Crippen molar-refractivity contribution in [2.45, 2.75) is 26.1 Å². The molecule has 1 aromatic heterocycles. The second kappa shape index (κ2) is 4.26. The summed E-state index contributed by atoms with van der Waals surface area (Å²) in [6, 6.07) is 6.04. The van der Waals surface area contributed by atoms with Crippen LogP contribution in [0.2, 0.25) is 0 Å². The number of benzene rings is 1. The fraction of sp³-hybridized carbons (Fsp3) is 0.333. The lowest BCUT2D eigenvalue weighted by Crippen LogP contribution is -1.83. The first-order valence-electron chi connectivity index (χ1n) is 5.13. The third-order valence-electron chi connectivity index (χ3n) is 2.53. The molecule has 0 aliphatic rings. The Morgan fingerprint density at radius 1 is 1.19 bits per heavy atom. The summed E-state index contributed by atoms with van der Waals surface area (Å²) in [6.45, 7) is 5.93. The Balaban J connectivity index is 2.39. The molecule has 2 rings (SSSR count). The monoisotopic (exact) mass is 236 g/mol. The highest BCUT2D eigenvalue weighted by Crippen LogP contribution is 2.24. The molecule has 4 heteroatoms. The summed E-state index contributed by atoms with van der Waals surface area (Å²) in [7, 11) is 0. The van der Waals surface area contributed by atoms with Crippen LogP contribution in [-0.4, -0.2) is 10.2 Å². The van der Waals surface area contributed by atoms with Crippen molar-refractivity contribution in [2.24, 2.45) is 0 Å². The number of hydrogen-bond donors (Lipinski definition) is 0. The van der Waals surface area contributed by atoms with Crippen molar-refractivity contribution in [1.29, 1.82) is 0 Å². The van der Waals surface area contributed by atoms with E-state index < -0.39 is 0 Å².